The van der Waals surface area contributed by atoms with Crippen molar-refractivity contribution in [2.75, 3.05) is 13.2 Å². The molecule has 0 unspecified atom stereocenters. The quantitative estimate of drug-likeness (QED) is 0.746. The van der Waals surface area contributed by atoms with Crippen LogP contribution in [0.4, 0.5) is 0 Å². The number of nitrogens with two attached hydrogens (primary N) is 1. The third-order valence-electron chi connectivity index (χ3n) is 3.26. The van der Waals surface area contributed by atoms with E-state index in [2.05, 4.69) is 39.8 Å². The summed E-state index contributed by atoms with van der Waals surface area (Å²) in [7, 11) is 0. The van der Waals surface area contributed by atoms with E-state index in [1.807, 2.05) is 0 Å². The maximum Gasteiger partial charge on any atom is 0.123 e. The maximum atomic E-state index is 5.92. The molecule has 0 amide bonds. The van der Waals surface area contributed by atoms with Gasteiger partial charge >= 0.3 is 0 Å². The van der Waals surface area contributed by atoms with E-state index in [4.69, 9.17) is 10.5 Å². The second kappa shape index (κ2) is 7.42. The van der Waals surface area contributed by atoms with Gasteiger partial charge in [0.25, 0.3) is 0 Å². The van der Waals surface area contributed by atoms with E-state index in [0.717, 1.165) is 25.2 Å². The van der Waals surface area contributed by atoms with Crippen LogP contribution in [-0.4, -0.2) is 13.2 Å². The second-order valence-electron chi connectivity index (χ2n) is 5.21. The van der Waals surface area contributed by atoms with Gasteiger partial charge in [-0.05, 0) is 55.0 Å². The van der Waals surface area contributed by atoms with Crippen molar-refractivity contribution in [3.63, 3.8) is 0 Å². The molecule has 2 nitrogen and oxygen atoms in total. The third-order valence-corrected chi connectivity index (χ3v) is 3.26. The second-order valence-corrected chi connectivity index (χ2v) is 5.21. The Bertz CT molecular complexity index is 372. The smallest absolute Gasteiger partial charge is 0.123 e. The summed E-state index contributed by atoms with van der Waals surface area (Å²) < 4.78 is 5.92. The topological polar surface area (TPSA) is 35.2 Å². The highest BCUT2D eigenvalue weighted by atomic mass is 16.5. The average Bonchev–Trinajstić information content (AvgIpc) is 2.32. The van der Waals surface area contributed by atoms with Crippen molar-refractivity contribution in [3.8, 4) is 5.75 Å². The number of benzene rings is 1. The average molecular weight is 249 g/mol. The Morgan fingerprint density at radius 1 is 1.28 bits per heavy atom. The molecule has 0 atom stereocenters. The largest absolute Gasteiger partial charge is 0.493 e. The van der Waals surface area contributed by atoms with Crippen molar-refractivity contribution in [3.05, 3.63) is 28.8 Å². The molecule has 1 aromatic rings. The van der Waals surface area contributed by atoms with Crippen molar-refractivity contribution < 1.29 is 4.74 Å². The molecule has 2 N–H and O–H groups in total. The summed E-state index contributed by atoms with van der Waals surface area (Å²) in [5, 5.41) is 0. The van der Waals surface area contributed by atoms with E-state index < -0.39 is 0 Å². The molecule has 1 rings (SSSR count). The van der Waals surface area contributed by atoms with Crippen molar-refractivity contribution in [2.45, 2.75) is 52.9 Å². The first-order chi connectivity index (χ1) is 8.60. The number of rotatable bonds is 7. The van der Waals surface area contributed by atoms with Gasteiger partial charge in [-0.15, -0.1) is 0 Å². The van der Waals surface area contributed by atoms with Gasteiger partial charge < -0.3 is 10.5 Å². The Labute approximate surface area is 112 Å². The maximum absolute atomic E-state index is 5.92. The molecule has 0 fully saturated rings. The molecule has 102 valence electrons. The summed E-state index contributed by atoms with van der Waals surface area (Å²) in [6, 6.07) is 4.45. The van der Waals surface area contributed by atoms with Crippen LogP contribution in [0, 0.1) is 6.92 Å². The fraction of sp³-hybridized carbons (Fsp3) is 0.625. The lowest BCUT2D eigenvalue weighted by atomic mass is 9.95. The minimum absolute atomic E-state index is 0.485. The van der Waals surface area contributed by atoms with Crippen LogP contribution in [-0.2, 0) is 6.42 Å². The molecule has 0 aliphatic heterocycles. The van der Waals surface area contributed by atoms with Gasteiger partial charge in [0.05, 0.1) is 6.61 Å². The molecule has 2 heteroatoms. The van der Waals surface area contributed by atoms with Crippen LogP contribution < -0.4 is 10.5 Å². The summed E-state index contributed by atoms with van der Waals surface area (Å²) in [6.07, 6.45) is 3.23. The molecule has 18 heavy (non-hydrogen) atoms. The molecule has 0 heterocycles. The summed E-state index contributed by atoms with van der Waals surface area (Å²) >= 11 is 0. The first-order valence-corrected chi connectivity index (χ1v) is 7.06. The number of hydrogen-bond donors (Lipinski definition) is 1. The van der Waals surface area contributed by atoms with Crippen LogP contribution in [0.2, 0.25) is 0 Å². The highest BCUT2D eigenvalue weighted by Crippen LogP contribution is 2.30. The van der Waals surface area contributed by atoms with E-state index in [9.17, 15) is 0 Å². The van der Waals surface area contributed by atoms with E-state index in [-0.39, 0.29) is 0 Å². The SMILES string of the molecule is CCCCOc1cc(C)c(CCN)cc1C(C)C. The standard InChI is InChI=1S/C16H27NO/c1-5-6-9-18-16-10-13(4)14(7-8-17)11-15(16)12(2)3/h10-12H,5-9,17H2,1-4H3. The molecule has 0 aromatic heterocycles. The lowest BCUT2D eigenvalue weighted by Gasteiger charge is -2.17. The summed E-state index contributed by atoms with van der Waals surface area (Å²) in [5.74, 6) is 1.54. The molecule has 0 spiro atoms. The van der Waals surface area contributed by atoms with Crippen LogP contribution in [0.15, 0.2) is 12.1 Å². The molecule has 0 saturated carbocycles. The highest BCUT2D eigenvalue weighted by Gasteiger charge is 2.11. The van der Waals surface area contributed by atoms with Crippen LogP contribution in [0.1, 0.15) is 56.2 Å². The Kier molecular flexibility index (Phi) is 6.20. The van der Waals surface area contributed by atoms with Crippen LogP contribution in [0.5, 0.6) is 5.75 Å². The summed E-state index contributed by atoms with van der Waals surface area (Å²) in [6.45, 7) is 10.3. The number of hydrogen-bond acceptors (Lipinski definition) is 2. The van der Waals surface area contributed by atoms with Gasteiger partial charge in [-0.25, -0.2) is 0 Å². The van der Waals surface area contributed by atoms with Crippen LogP contribution in [0.25, 0.3) is 0 Å². The third kappa shape index (κ3) is 4.02. The van der Waals surface area contributed by atoms with Gasteiger partial charge in [-0.2, -0.15) is 0 Å². The van der Waals surface area contributed by atoms with E-state index in [1.54, 1.807) is 0 Å². The molecule has 1 aromatic carbocycles. The van der Waals surface area contributed by atoms with E-state index in [1.165, 1.54) is 23.1 Å². The summed E-state index contributed by atoms with van der Waals surface area (Å²) in [4.78, 5) is 0. The van der Waals surface area contributed by atoms with Gasteiger partial charge in [-0.1, -0.05) is 33.3 Å². The summed E-state index contributed by atoms with van der Waals surface area (Å²) in [5.41, 5.74) is 9.61. The fourth-order valence-electron chi connectivity index (χ4n) is 2.07. The van der Waals surface area contributed by atoms with Crippen molar-refractivity contribution in [1.29, 1.82) is 0 Å². The predicted molar refractivity (Wildman–Crippen MR) is 78.4 cm³/mol. The van der Waals surface area contributed by atoms with E-state index in [0.29, 0.717) is 12.5 Å². The van der Waals surface area contributed by atoms with E-state index >= 15 is 0 Å². The zero-order valence-corrected chi connectivity index (χ0v) is 12.3. The molecular formula is C16H27NO. The molecule has 0 bridgehead atoms. The Hall–Kier alpha value is -1.02. The molecule has 0 radical (unpaired) electrons. The molecule has 0 aliphatic carbocycles. The van der Waals surface area contributed by atoms with Crippen molar-refractivity contribution in [1.82, 2.24) is 0 Å². The fourth-order valence-corrected chi connectivity index (χ4v) is 2.07. The molecule has 0 aliphatic rings. The van der Waals surface area contributed by atoms with Gasteiger partial charge in [0.15, 0.2) is 0 Å². The monoisotopic (exact) mass is 249 g/mol. The normalized spacial score (nSPS) is 11.0. The van der Waals surface area contributed by atoms with Crippen molar-refractivity contribution >= 4 is 0 Å². The Morgan fingerprint density at radius 2 is 2.00 bits per heavy atom. The first-order valence-electron chi connectivity index (χ1n) is 7.06. The van der Waals surface area contributed by atoms with Crippen LogP contribution >= 0.6 is 0 Å². The number of aryl methyl sites for hydroxylation is 1. The zero-order valence-electron chi connectivity index (χ0n) is 12.3. The highest BCUT2D eigenvalue weighted by molar-refractivity contribution is 5.44. The number of ether oxygens (including phenoxy) is 1. The van der Waals surface area contributed by atoms with Gasteiger partial charge in [0.2, 0.25) is 0 Å². The minimum Gasteiger partial charge on any atom is -0.493 e. The molecular weight excluding hydrogens is 222 g/mol. The predicted octanol–water partition coefficient (Wildman–Crippen LogP) is 3.80. The Morgan fingerprint density at radius 3 is 2.56 bits per heavy atom. The Balaban J connectivity index is 2.96. The molecule has 0 saturated heterocycles. The zero-order chi connectivity index (χ0) is 13.5. The van der Waals surface area contributed by atoms with Crippen LogP contribution in [0.3, 0.4) is 0 Å². The van der Waals surface area contributed by atoms with Gasteiger partial charge in [-0.3, -0.25) is 0 Å². The lowest BCUT2D eigenvalue weighted by Crippen LogP contribution is -2.07. The first kappa shape index (κ1) is 15.0. The minimum atomic E-state index is 0.485. The van der Waals surface area contributed by atoms with Gasteiger partial charge in [0, 0.05) is 0 Å². The van der Waals surface area contributed by atoms with Gasteiger partial charge in [0.1, 0.15) is 5.75 Å². The number of unbranched alkanes of at least 4 members (excludes halogenated alkanes) is 1. The lowest BCUT2D eigenvalue weighted by molar-refractivity contribution is 0.305. The van der Waals surface area contributed by atoms with Crippen molar-refractivity contribution in [2.24, 2.45) is 5.73 Å².